The highest BCUT2D eigenvalue weighted by Gasteiger charge is 2.09. The first-order chi connectivity index (χ1) is 7.54. The van der Waals surface area contributed by atoms with Crippen molar-refractivity contribution in [3.05, 3.63) is 41.7 Å². The van der Waals surface area contributed by atoms with Crippen LogP contribution in [0.4, 0.5) is 4.39 Å². The molecule has 0 aromatic heterocycles. The molecular formula is C12H12ClFO2. The van der Waals surface area contributed by atoms with Crippen molar-refractivity contribution in [2.75, 3.05) is 12.5 Å². The third-order valence-corrected chi connectivity index (χ3v) is 2.32. The molecular weight excluding hydrogens is 231 g/mol. The Hall–Kier alpha value is -1.35. The van der Waals surface area contributed by atoms with Crippen LogP contribution in [0, 0.1) is 5.82 Å². The summed E-state index contributed by atoms with van der Waals surface area (Å²) in [6.45, 7) is 5.22. The van der Waals surface area contributed by atoms with Crippen molar-refractivity contribution >= 4 is 17.4 Å². The molecule has 0 radical (unpaired) electrons. The normalized spacial score (nSPS) is 9.94. The Morgan fingerprint density at radius 3 is 2.81 bits per heavy atom. The van der Waals surface area contributed by atoms with Crippen LogP contribution in [0.5, 0.6) is 5.75 Å². The number of carbonyl (C=O) groups is 1. The number of hydrogen-bond acceptors (Lipinski definition) is 2. The molecule has 16 heavy (non-hydrogen) atoms. The fraction of sp³-hybridized carbons (Fsp3) is 0.250. The fourth-order valence-electron chi connectivity index (χ4n) is 1.12. The van der Waals surface area contributed by atoms with Gasteiger partial charge in [0.15, 0.2) is 5.78 Å². The predicted molar refractivity (Wildman–Crippen MR) is 61.8 cm³/mol. The number of alkyl halides is 1. The van der Waals surface area contributed by atoms with Crippen molar-refractivity contribution in [1.82, 2.24) is 0 Å². The summed E-state index contributed by atoms with van der Waals surface area (Å²) in [5.41, 5.74) is 1.02. The van der Waals surface area contributed by atoms with Crippen LogP contribution in [-0.2, 0) is 0 Å². The lowest BCUT2D eigenvalue weighted by atomic mass is 10.1. The number of ketones is 1. The van der Waals surface area contributed by atoms with Crippen LogP contribution in [0.15, 0.2) is 30.4 Å². The molecule has 0 spiro atoms. The number of halogens is 2. The summed E-state index contributed by atoms with van der Waals surface area (Å²) < 4.78 is 18.3. The van der Waals surface area contributed by atoms with E-state index in [1.54, 1.807) is 0 Å². The molecule has 0 saturated heterocycles. The van der Waals surface area contributed by atoms with E-state index >= 15 is 0 Å². The number of benzene rings is 1. The van der Waals surface area contributed by atoms with E-state index in [-0.39, 0.29) is 24.0 Å². The maximum atomic E-state index is 13.0. The van der Waals surface area contributed by atoms with Gasteiger partial charge in [-0.2, -0.15) is 0 Å². The minimum Gasteiger partial charge on any atom is -0.488 e. The summed E-state index contributed by atoms with van der Waals surface area (Å²) in [5.74, 6) is -0.133. The van der Waals surface area contributed by atoms with E-state index in [9.17, 15) is 9.18 Å². The molecule has 1 aromatic rings. The Morgan fingerprint density at radius 1 is 1.56 bits per heavy atom. The lowest BCUT2D eigenvalue weighted by molar-refractivity contribution is 0.101. The SMILES string of the molecule is C=C(CCl)COc1cc(F)ccc1C(C)=O. The molecule has 0 aliphatic rings. The minimum absolute atomic E-state index is 0.174. The first-order valence-corrected chi connectivity index (χ1v) is 5.24. The summed E-state index contributed by atoms with van der Waals surface area (Å²) >= 11 is 5.53. The standard InChI is InChI=1S/C12H12ClFO2/c1-8(6-13)7-16-12-5-10(14)3-4-11(12)9(2)15/h3-5H,1,6-7H2,2H3. The van der Waals surface area contributed by atoms with Gasteiger partial charge in [-0.1, -0.05) is 6.58 Å². The molecule has 0 saturated carbocycles. The lowest BCUT2D eigenvalue weighted by Crippen LogP contribution is -2.05. The smallest absolute Gasteiger partial charge is 0.163 e. The van der Waals surface area contributed by atoms with Crippen LogP contribution >= 0.6 is 11.6 Å². The number of hydrogen-bond donors (Lipinski definition) is 0. The molecule has 0 bridgehead atoms. The summed E-state index contributed by atoms with van der Waals surface area (Å²) in [6, 6.07) is 3.80. The van der Waals surface area contributed by atoms with Crippen molar-refractivity contribution < 1.29 is 13.9 Å². The number of ether oxygens (including phenoxy) is 1. The molecule has 0 unspecified atom stereocenters. The topological polar surface area (TPSA) is 26.3 Å². The number of carbonyl (C=O) groups excluding carboxylic acids is 1. The predicted octanol–water partition coefficient (Wildman–Crippen LogP) is 3.20. The van der Waals surface area contributed by atoms with Crippen LogP contribution in [0.2, 0.25) is 0 Å². The molecule has 4 heteroatoms. The van der Waals surface area contributed by atoms with Gasteiger partial charge in [-0.25, -0.2) is 4.39 Å². The van der Waals surface area contributed by atoms with E-state index in [2.05, 4.69) is 6.58 Å². The zero-order valence-electron chi connectivity index (χ0n) is 8.93. The van der Waals surface area contributed by atoms with Gasteiger partial charge < -0.3 is 4.74 Å². The highest BCUT2D eigenvalue weighted by molar-refractivity contribution is 6.19. The molecule has 0 heterocycles. The van der Waals surface area contributed by atoms with Crippen LogP contribution in [0.25, 0.3) is 0 Å². The summed E-state index contributed by atoms with van der Waals surface area (Å²) in [5, 5.41) is 0. The van der Waals surface area contributed by atoms with Gasteiger partial charge in [0.2, 0.25) is 0 Å². The summed E-state index contributed by atoms with van der Waals surface area (Å²) in [7, 11) is 0. The maximum Gasteiger partial charge on any atom is 0.163 e. The van der Waals surface area contributed by atoms with Crippen molar-refractivity contribution in [2.45, 2.75) is 6.92 Å². The molecule has 2 nitrogen and oxygen atoms in total. The van der Waals surface area contributed by atoms with Gasteiger partial charge in [-0.3, -0.25) is 4.79 Å². The molecule has 0 atom stereocenters. The zero-order valence-corrected chi connectivity index (χ0v) is 9.68. The number of Topliss-reactive ketones (excluding diaryl/α,β-unsaturated/α-hetero) is 1. The second-order valence-corrected chi connectivity index (χ2v) is 3.64. The van der Waals surface area contributed by atoms with E-state index in [4.69, 9.17) is 16.3 Å². The molecule has 0 N–H and O–H groups in total. The van der Waals surface area contributed by atoms with Gasteiger partial charge in [-0.15, -0.1) is 11.6 Å². The van der Waals surface area contributed by atoms with Gasteiger partial charge in [-0.05, 0) is 24.6 Å². The van der Waals surface area contributed by atoms with Crippen LogP contribution in [0.1, 0.15) is 17.3 Å². The largest absolute Gasteiger partial charge is 0.488 e. The van der Waals surface area contributed by atoms with Gasteiger partial charge in [0, 0.05) is 11.9 Å². The summed E-state index contributed by atoms with van der Waals surface area (Å²) in [4.78, 5) is 11.2. The van der Waals surface area contributed by atoms with Gasteiger partial charge in [0.1, 0.15) is 18.2 Å². The van der Waals surface area contributed by atoms with Crippen molar-refractivity contribution in [3.8, 4) is 5.75 Å². The second kappa shape index (κ2) is 5.66. The van der Waals surface area contributed by atoms with E-state index < -0.39 is 5.82 Å². The Morgan fingerprint density at radius 2 is 2.25 bits per heavy atom. The van der Waals surface area contributed by atoms with Crippen LogP contribution in [0.3, 0.4) is 0 Å². The van der Waals surface area contributed by atoms with Crippen molar-refractivity contribution in [2.24, 2.45) is 0 Å². The highest BCUT2D eigenvalue weighted by Crippen LogP contribution is 2.21. The molecule has 0 aliphatic carbocycles. The third-order valence-electron chi connectivity index (χ3n) is 1.94. The van der Waals surface area contributed by atoms with Gasteiger partial charge in [0.25, 0.3) is 0 Å². The monoisotopic (exact) mass is 242 g/mol. The van der Waals surface area contributed by atoms with E-state index in [1.807, 2.05) is 0 Å². The van der Waals surface area contributed by atoms with Gasteiger partial charge >= 0.3 is 0 Å². The minimum atomic E-state index is -0.448. The van der Waals surface area contributed by atoms with E-state index in [0.29, 0.717) is 11.1 Å². The average molecular weight is 243 g/mol. The highest BCUT2D eigenvalue weighted by atomic mass is 35.5. The first-order valence-electron chi connectivity index (χ1n) is 4.70. The molecule has 0 fully saturated rings. The Labute approximate surface area is 98.7 Å². The molecule has 86 valence electrons. The molecule has 1 aromatic carbocycles. The van der Waals surface area contributed by atoms with E-state index in [1.165, 1.54) is 25.1 Å². The fourth-order valence-corrected chi connectivity index (χ4v) is 1.20. The molecule has 0 amide bonds. The zero-order chi connectivity index (χ0) is 12.1. The van der Waals surface area contributed by atoms with Crippen molar-refractivity contribution in [3.63, 3.8) is 0 Å². The molecule has 1 rings (SSSR count). The summed E-state index contributed by atoms with van der Waals surface area (Å²) in [6.07, 6.45) is 0. The van der Waals surface area contributed by atoms with Crippen molar-refractivity contribution in [1.29, 1.82) is 0 Å². The quantitative estimate of drug-likeness (QED) is 0.450. The number of rotatable bonds is 5. The van der Waals surface area contributed by atoms with Gasteiger partial charge in [0.05, 0.1) is 5.56 Å². The average Bonchev–Trinajstić information content (AvgIpc) is 2.25. The van der Waals surface area contributed by atoms with E-state index in [0.717, 1.165) is 0 Å². The maximum absolute atomic E-state index is 13.0. The first kappa shape index (κ1) is 12.7. The Balaban J connectivity index is 2.88. The molecule has 0 aliphatic heterocycles. The second-order valence-electron chi connectivity index (χ2n) is 3.37. The lowest BCUT2D eigenvalue weighted by Gasteiger charge is -2.10. The Kier molecular flexibility index (Phi) is 4.50. The van der Waals surface area contributed by atoms with Crippen LogP contribution in [-0.4, -0.2) is 18.3 Å². The Bertz CT molecular complexity index is 415. The third kappa shape index (κ3) is 3.35. The van der Waals surface area contributed by atoms with Crippen LogP contribution < -0.4 is 4.74 Å².